The highest BCUT2D eigenvalue weighted by Gasteiger charge is 2.59. The Balaban J connectivity index is 1.42. The first-order chi connectivity index (χ1) is 14.8. The van der Waals surface area contributed by atoms with Crippen molar-refractivity contribution in [2.45, 2.75) is 33.1 Å². The van der Waals surface area contributed by atoms with Gasteiger partial charge in [0.2, 0.25) is 11.8 Å². The molecule has 3 aliphatic rings. The van der Waals surface area contributed by atoms with E-state index in [1.807, 2.05) is 39.0 Å². The summed E-state index contributed by atoms with van der Waals surface area (Å²) >= 11 is 0. The summed E-state index contributed by atoms with van der Waals surface area (Å²) in [6.45, 7) is 6.05. The number of fused-ring (bicyclic) bond motifs is 5. The fraction of sp³-hybridized carbons (Fsp3) is 0.346. The van der Waals surface area contributed by atoms with Crippen LogP contribution in [0.15, 0.2) is 54.6 Å². The van der Waals surface area contributed by atoms with E-state index < -0.39 is 5.97 Å². The quantitative estimate of drug-likeness (QED) is 0.316. The third-order valence-corrected chi connectivity index (χ3v) is 6.80. The molecule has 158 valence electrons. The summed E-state index contributed by atoms with van der Waals surface area (Å²) in [5.74, 6) is -0.292. The molecule has 0 aromatic heterocycles. The summed E-state index contributed by atoms with van der Waals surface area (Å²) in [6, 6.07) is 12.4. The van der Waals surface area contributed by atoms with Crippen molar-refractivity contribution in [2.24, 2.45) is 23.7 Å². The molecule has 0 radical (unpaired) electrons. The number of allylic oxidation sites excluding steroid dienone is 2. The summed E-state index contributed by atoms with van der Waals surface area (Å²) in [7, 11) is 0. The van der Waals surface area contributed by atoms with Crippen molar-refractivity contribution in [3.05, 3.63) is 71.3 Å². The number of nitrogens with zero attached hydrogens (tertiary/aromatic N) is 1. The Morgan fingerprint density at radius 1 is 1.00 bits per heavy atom. The van der Waals surface area contributed by atoms with Crippen LogP contribution in [-0.4, -0.2) is 17.8 Å². The Morgan fingerprint density at radius 2 is 1.68 bits per heavy atom. The fourth-order valence-electron chi connectivity index (χ4n) is 5.29. The van der Waals surface area contributed by atoms with E-state index in [9.17, 15) is 14.4 Å². The zero-order valence-corrected chi connectivity index (χ0v) is 17.9. The number of esters is 1. The minimum Gasteiger partial charge on any atom is -0.423 e. The van der Waals surface area contributed by atoms with Gasteiger partial charge in [-0.1, -0.05) is 44.2 Å². The molecule has 2 aromatic carbocycles. The number of carbonyl (C=O) groups is 3. The highest BCUT2D eigenvalue weighted by Crippen LogP contribution is 2.53. The SMILES string of the molecule is Cc1ccc(C(C)C)c(OC(=O)c2cccc(N3C(=O)[C@H]4[C@H](C3=O)[C@H]3C=C[C@H]4C3)c2)c1. The summed E-state index contributed by atoms with van der Waals surface area (Å²) in [4.78, 5) is 40.3. The maximum absolute atomic E-state index is 13.1. The van der Waals surface area contributed by atoms with Gasteiger partial charge in [-0.25, -0.2) is 9.69 Å². The van der Waals surface area contributed by atoms with Crippen LogP contribution in [0, 0.1) is 30.6 Å². The van der Waals surface area contributed by atoms with Crippen LogP contribution in [0.1, 0.15) is 47.7 Å². The van der Waals surface area contributed by atoms with Crippen molar-refractivity contribution in [1.29, 1.82) is 0 Å². The van der Waals surface area contributed by atoms with Gasteiger partial charge in [-0.3, -0.25) is 9.59 Å². The summed E-state index contributed by atoms with van der Waals surface area (Å²) in [5.41, 5.74) is 2.71. The van der Waals surface area contributed by atoms with E-state index >= 15 is 0 Å². The van der Waals surface area contributed by atoms with Crippen molar-refractivity contribution < 1.29 is 19.1 Å². The molecule has 2 aromatic rings. The van der Waals surface area contributed by atoms with Gasteiger partial charge in [0.15, 0.2) is 0 Å². The summed E-state index contributed by atoms with van der Waals surface area (Å²) in [6.07, 6.45) is 5.03. The van der Waals surface area contributed by atoms with Crippen molar-refractivity contribution in [3.63, 3.8) is 0 Å². The first-order valence-corrected chi connectivity index (χ1v) is 10.8. The lowest BCUT2D eigenvalue weighted by atomic mass is 9.85. The highest BCUT2D eigenvalue weighted by atomic mass is 16.5. The number of imide groups is 1. The van der Waals surface area contributed by atoms with Crippen LogP contribution < -0.4 is 9.64 Å². The van der Waals surface area contributed by atoms with E-state index in [0.717, 1.165) is 17.5 Å². The van der Waals surface area contributed by atoms with E-state index in [4.69, 9.17) is 4.74 Å². The van der Waals surface area contributed by atoms with E-state index in [-0.39, 0.29) is 41.4 Å². The zero-order chi connectivity index (χ0) is 21.9. The van der Waals surface area contributed by atoms with Crippen LogP contribution in [0.5, 0.6) is 5.75 Å². The number of carbonyl (C=O) groups excluding carboxylic acids is 3. The zero-order valence-electron chi connectivity index (χ0n) is 17.9. The Labute approximate surface area is 181 Å². The van der Waals surface area contributed by atoms with Crippen molar-refractivity contribution in [3.8, 4) is 5.75 Å². The number of ether oxygens (including phenoxy) is 1. The van der Waals surface area contributed by atoms with Crippen LogP contribution in [0.2, 0.25) is 0 Å². The molecule has 5 heteroatoms. The van der Waals surface area contributed by atoms with Gasteiger partial charge in [-0.2, -0.15) is 0 Å². The number of anilines is 1. The van der Waals surface area contributed by atoms with Gasteiger partial charge in [0.25, 0.3) is 0 Å². The van der Waals surface area contributed by atoms with E-state index in [1.54, 1.807) is 24.3 Å². The van der Waals surface area contributed by atoms with Gasteiger partial charge in [-0.15, -0.1) is 0 Å². The normalized spacial score (nSPS) is 26.1. The van der Waals surface area contributed by atoms with Crippen molar-refractivity contribution >= 4 is 23.5 Å². The Morgan fingerprint density at radius 3 is 2.32 bits per heavy atom. The minimum atomic E-state index is -0.504. The second-order valence-electron chi connectivity index (χ2n) is 9.15. The molecule has 2 amide bonds. The molecule has 2 bridgehead atoms. The van der Waals surface area contributed by atoms with E-state index in [1.165, 1.54) is 4.90 Å². The maximum atomic E-state index is 13.1. The van der Waals surface area contributed by atoms with Gasteiger partial charge in [-0.05, 0) is 66.5 Å². The maximum Gasteiger partial charge on any atom is 0.343 e. The Hall–Kier alpha value is -3.21. The molecule has 1 saturated carbocycles. The van der Waals surface area contributed by atoms with Crippen LogP contribution in [0.25, 0.3) is 0 Å². The Bertz CT molecular complexity index is 1100. The van der Waals surface area contributed by atoms with Gasteiger partial charge >= 0.3 is 5.97 Å². The number of hydrogen-bond acceptors (Lipinski definition) is 4. The lowest BCUT2D eigenvalue weighted by molar-refractivity contribution is -0.123. The van der Waals surface area contributed by atoms with E-state index in [2.05, 4.69) is 12.2 Å². The molecule has 2 fully saturated rings. The van der Waals surface area contributed by atoms with Crippen LogP contribution in [0.4, 0.5) is 5.69 Å². The summed E-state index contributed by atoms with van der Waals surface area (Å²) in [5, 5.41) is 0. The predicted molar refractivity (Wildman–Crippen MR) is 117 cm³/mol. The predicted octanol–water partition coefficient (Wildman–Crippen LogP) is 4.65. The highest BCUT2D eigenvalue weighted by molar-refractivity contribution is 6.23. The molecule has 31 heavy (non-hydrogen) atoms. The number of amides is 2. The molecule has 2 aliphatic carbocycles. The average molecular weight is 415 g/mol. The lowest BCUT2D eigenvalue weighted by Crippen LogP contribution is -2.33. The average Bonchev–Trinajstić information content (AvgIpc) is 3.41. The smallest absolute Gasteiger partial charge is 0.343 e. The van der Waals surface area contributed by atoms with Crippen LogP contribution in [0.3, 0.4) is 0 Å². The Kier molecular flexibility index (Phi) is 4.58. The number of benzene rings is 2. The third kappa shape index (κ3) is 3.11. The van der Waals surface area contributed by atoms with E-state index in [0.29, 0.717) is 17.0 Å². The van der Waals surface area contributed by atoms with Crippen molar-refractivity contribution in [2.75, 3.05) is 4.90 Å². The van der Waals surface area contributed by atoms with Gasteiger partial charge in [0.1, 0.15) is 5.75 Å². The largest absolute Gasteiger partial charge is 0.423 e. The fourth-order valence-corrected chi connectivity index (χ4v) is 5.29. The molecular weight excluding hydrogens is 390 g/mol. The monoisotopic (exact) mass is 415 g/mol. The lowest BCUT2D eigenvalue weighted by Gasteiger charge is -2.18. The standard InChI is InChI=1S/C26H25NO4/c1-14(2)20-10-7-15(3)11-21(20)31-26(30)18-5-4-6-19(13-18)27-24(28)22-16-8-9-17(12-16)23(22)25(27)29/h4-11,13-14,16-17,22-23H,12H2,1-3H3/t16-,17-,22+,23+/m0/s1. The first kappa shape index (κ1) is 19.7. The topological polar surface area (TPSA) is 63.7 Å². The molecule has 4 atom stereocenters. The van der Waals surface area contributed by atoms with Gasteiger partial charge in [0, 0.05) is 0 Å². The first-order valence-electron chi connectivity index (χ1n) is 10.8. The molecule has 0 spiro atoms. The number of aryl methyl sites for hydroxylation is 1. The molecule has 0 N–H and O–H groups in total. The second kappa shape index (κ2) is 7.19. The number of hydrogen-bond donors (Lipinski definition) is 0. The molecule has 5 rings (SSSR count). The molecule has 1 saturated heterocycles. The third-order valence-electron chi connectivity index (χ3n) is 6.80. The number of rotatable bonds is 4. The van der Waals surface area contributed by atoms with Gasteiger partial charge < -0.3 is 4.74 Å². The molecule has 0 unspecified atom stereocenters. The van der Waals surface area contributed by atoms with Crippen molar-refractivity contribution in [1.82, 2.24) is 0 Å². The van der Waals surface area contributed by atoms with Crippen LogP contribution in [-0.2, 0) is 9.59 Å². The minimum absolute atomic E-state index is 0.153. The summed E-state index contributed by atoms with van der Waals surface area (Å²) < 4.78 is 5.73. The molecular formula is C26H25NO4. The van der Waals surface area contributed by atoms with Gasteiger partial charge in [0.05, 0.1) is 23.1 Å². The molecule has 1 heterocycles. The second-order valence-corrected chi connectivity index (χ2v) is 9.15. The molecule has 1 aliphatic heterocycles. The molecule has 5 nitrogen and oxygen atoms in total. The van der Waals surface area contributed by atoms with Crippen LogP contribution >= 0.6 is 0 Å².